The summed E-state index contributed by atoms with van der Waals surface area (Å²) in [7, 11) is 0. The van der Waals surface area contributed by atoms with E-state index in [1.165, 1.54) is 18.2 Å². The minimum atomic E-state index is -0.487. The standard InChI is InChI=1S/C12H14BrN3O3.ClH/c13-11-5-9(16(18)19)1-2-10(11)12(17)15-4-3-8(6-14)7-15;/h1-2,5,8H,3-4,6-7,14H2;1H. The number of likely N-dealkylation sites (tertiary alicyclic amines) is 1. The third-order valence-electron chi connectivity index (χ3n) is 3.30. The Bertz CT molecular complexity index is 527. The molecule has 1 unspecified atom stereocenters. The zero-order chi connectivity index (χ0) is 14.0. The third-order valence-corrected chi connectivity index (χ3v) is 3.96. The van der Waals surface area contributed by atoms with Crippen molar-refractivity contribution in [3.8, 4) is 0 Å². The third kappa shape index (κ3) is 3.47. The normalized spacial score (nSPS) is 17.7. The summed E-state index contributed by atoms with van der Waals surface area (Å²) in [5.41, 5.74) is 6.01. The lowest BCUT2D eigenvalue weighted by Crippen LogP contribution is -2.30. The number of amides is 1. The fourth-order valence-corrected chi connectivity index (χ4v) is 2.71. The molecule has 1 heterocycles. The minimum Gasteiger partial charge on any atom is -0.338 e. The molecule has 6 nitrogen and oxygen atoms in total. The molecule has 110 valence electrons. The van der Waals surface area contributed by atoms with Gasteiger partial charge in [-0.25, -0.2) is 0 Å². The minimum absolute atomic E-state index is 0. The molecule has 1 saturated heterocycles. The van der Waals surface area contributed by atoms with Crippen LogP contribution >= 0.6 is 28.3 Å². The highest BCUT2D eigenvalue weighted by molar-refractivity contribution is 9.10. The Morgan fingerprint density at radius 3 is 2.75 bits per heavy atom. The molecule has 1 fully saturated rings. The molecule has 0 aliphatic carbocycles. The average Bonchev–Trinajstić information content (AvgIpc) is 2.86. The Labute approximate surface area is 131 Å². The van der Waals surface area contributed by atoms with E-state index in [2.05, 4.69) is 15.9 Å². The van der Waals surface area contributed by atoms with Crippen molar-refractivity contribution in [3.05, 3.63) is 38.3 Å². The first-order valence-electron chi connectivity index (χ1n) is 5.96. The first-order chi connectivity index (χ1) is 9.02. The molecule has 1 aromatic carbocycles. The maximum absolute atomic E-state index is 12.3. The Kier molecular flexibility index (Phi) is 5.91. The molecule has 0 spiro atoms. The van der Waals surface area contributed by atoms with Crippen molar-refractivity contribution >= 4 is 39.9 Å². The number of rotatable bonds is 3. The predicted octanol–water partition coefficient (Wildman–Crippen LogP) is 2.20. The molecule has 8 heteroatoms. The van der Waals surface area contributed by atoms with Gasteiger partial charge >= 0.3 is 0 Å². The lowest BCUT2D eigenvalue weighted by atomic mass is 10.1. The summed E-state index contributed by atoms with van der Waals surface area (Å²) in [4.78, 5) is 24.2. The number of hydrogen-bond acceptors (Lipinski definition) is 4. The quantitative estimate of drug-likeness (QED) is 0.657. The van der Waals surface area contributed by atoms with Crippen LogP contribution in [0.2, 0.25) is 0 Å². The molecule has 1 atom stereocenters. The van der Waals surface area contributed by atoms with Crippen molar-refractivity contribution < 1.29 is 9.72 Å². The van der Waals surface area contributed by atoms with Crippen LogP contribution < -0.4 is 5.73 Å². The van der Waals surface area contributed by atoms with Gasteiger partial charge < -0.3 is 10.6 Å². The van der Waals surface area contributed by atoms with Crippen molar-refractivity contribution in [2.75, 3.05) is 19.6 Å². The molecule has 2 rings (SSSR count). The van der Waals surface area contributed by atoms with Gasteiger partial charge in [0.05, 0.1) is 10.5 Å². The van der Waals surface area contributed by atoms with Gasteiger partial charge in [0, 0.05) is 29.7 Å². The number of nitro benzene ring substituents is 1. The Morgan fingerprint density at radius 2 is 2.25 bits per heavy atom. The maximum Gasteiger partial charge on any atom is 0.270 e. The van der Waals surface area contributed by atoms with E-state index in [0.717, 1.165) is 6.42 Å². The van der Waals surface area contributed by atoms with Crippen LogP contribution in [-0.4, -0.2) is 35.4 Å². The Balaban J connectivity index is 0.00000200. The largest absolute Gasteiger partial charge is 0.338 e. The van der Waals surface area contributed by atoms with E-state index in [0.29, 0.717) is 35.6 Å². The molecule has 1 aliphatic rings. The van der Waals surface area contributed by atoms with Gasteiger partial charge in [-0.05, 0) is 40.9 Å². The smallest absolute Gasteiger partial charge is 0.270 e. The summed E-state index contributed by atoms with van der Waals surface area (Å²) in [5.74, 6) is 0.235. The van der Waals surface area contributed by atoms with Crippen LogP contribution in [0.1, 0.15) is 16.8 Å². The van der Waals surface area contributed by atoms with Crippen LogP contribution in [0.3, 0.4) is 0 Å². The second-order valence-electron chi connectivity index (χ2n) is 4.56. The number of benzene rings is 1. The van der Waals surface area contributed by atoms with Gasteiger partial charge in [0.15, 0.2) is 0 Å². The highest BCUT2D eigenvalue weighted by Crippen LogP contribution is 2.26. The Hall–Kier alpha value is -1.18. The van der Waals surface area contributed by atoms with Crippen LogP contribution in [-0.2, 0) is 0 Å². The molecular weight excluding hydrogens is 350 g/mol. The molecule has 0 bridgehead atoms. The van der Waals surface area contributed by atoms with Crippen molar-refractivity contribution in [3.63, 3.8) is 0 Å². The maximum atomic E-state index is 12.3. The lowest BCUT2D eigenvalue weighted by molar-refractivity contribution is -0.384. The first kappa shape index (κ1) is 16.9. The number of carbonyl (C=O) groups excluding carboxylic acids is 1. The van der Waals surface area contributed by atoms with Crippen LogP contribution in [0.15, 0.2) is 22.7 Å². The fourth-order valence-electron chi connectivity index (χ4n) is 2.17. The molecule has 0 radical (unpaired) electrons. The number of nitrogens with two attached hydrogens (primary N) is 1. The topological polar surface area (TPSA) is 89.5 Å². The van der Waals surface area contributed by atoms with Crippen LogP contribution in [0.25, 0.3) is 0 Å². The summed E-state index contributed by atoms with van der Waals surface area (Å²) in [6, 6.07) is 4.18. The summed E-state index contributed by atoms with van der Waals surface area (Å²) in [6.07, 6.45) is 0.910. The molecule has 20 heavy (non-hydrogen) atoms. The van der Waals surface area contributed by atoms with Gasteiger partial charge in [-0.2, -0.15) is 0 Å². The molecule has 1 aromatic rings. The number of non-ortho nitro benzene ring substituents is 1. The molecule has 1 amide bonds. The highest BCUT2D eigenvalue weighted by atomic mass is 79.9. The van der Waals surface area contributed by atoms with Crippen molar-refractivity contribution in [1.82, 2.24) is 4.90 Å². The zero-order valence-corrected chi connectivity index (χ0v) is 13.0. The summed E-state index contributed by atoms with van der Waals surface area (Å²) < 4.78 is 0.447. The van der Waals surface area contributed by atoms with E-state index >= 15 is 0 Å². The number of halogens is 2. The highest BCUT2D eigenvalue weighted by Gasteiger charge is 2.27. The fraction of sp³-hybridized carbons (Fsp3) is 0.417. The predicted molar refractivity (Wildman–Crippen MR) is 81.1 cm³/mol. The van der Waals surface area contributed by atoms with Gasteiger partial charge in [0.1, 0.15) is 0 Å². The second-order valence-corrected chi connectivity index (χ2v) is 5.42. The number of nitrogens with zero attached hydrogens (tertiary/aromatic N) is 2. The van der Waals surface area contributed by atoms with Crippen LogP contribution in [0, 0.1) is 16.0 Å². The molecule has 1 aliphatic heterocycles. The van der Waals surface area contributed by atoms with Gasteiger partial charge in [0.25, 0.3) is 11.6 Å². The number of nitro groups is 1. The van der Waals surface area contributed by atoms with E-state index < -0.39 is 4.92 Å². The second kappa shape index (κ2) is 7.01. The van der Waals surface area contributed by atoms with E-state index in [9.17, 15) is 14.9 Å². The number of carbonyl (C=O) groups is 1. The Morgan fingerprint density at radius 1 is 1.55 bits per heavy atom. The molecular formula is C12H15BrClN3O3. The summed E-state index contributed by atoms with van der Waals surface area (Å²) in [5, 5.41) is 10.6. The van der Waals surface area contributed by atoms with E-state index in [-0.39, 0.29) is 24.0 Å². The molecule has 2 N–H and O–H groups in total. The van der Waals surface area contributed by atoms with E-state index in [4.69, 9.17) is 5.73 Å². The zero-order valence-electron chi connectivity index (χ0n) is 10.6. The van der Waals surface area contributed by atoms with Gasteiger partial charge in [0.2, 0.25) is 0 Å². The summed E-state index contributed by atoms with van der Waals surface area (Å²) >= 11 is 3.22. The van der Waals surface area contributed by atoms with Gasteiger partial charge in [-0.15, -0.1) is 12.4 Å². The SMILES string of the molecule is Cl.NCC1CCN(C(=O)c2ccc([N+](=O)[O-])cc2Br)C1. The number of hydrogen-bond donors (Lipinski definition) is 1. The monoisotopic (exact) mass is 363 g/mol. The van der Waals surface area contributed by atoms with Crippen molar-refractivity contribution in [1.29, 1.82) is 0 Å². The molecule has 0 saturated carbocycles. The first-order valence-corrected chi connectivity index (χ1v) is 6.75. The van der Waals surface area contributed by atoms with E-state index in [1.807, 2.05) is 0 Å². The summed E-state index contributed by atoms with van der Waals surface area (Å²) in [6.45, 7) is 1.91. The average molecular weight is 365 g/mol. The van der Waals surface area contributed by atoms with Crippen molar-refractivity contribution in [2.45, 2.75) is 6.42 Å². The van der Waals surface area contributed by atoms with Crippen molar-refractivity contribution in [2.24, 2.45) is 11.7 Å². The van der Waals surface area contributed by atoms with Crippen LogP contribution in [0.5, 0.6) is 0 Å². The van der Waals surface area contributed by atoms with Crippen LogP contribution in [0.4, 0.5) is 5.69 Å². The van der Waals surface area contributed by atoms with Gasteiger partial charge in [-0.3, -0.25) is 14.9 Å². The molecule has 0 aromatic heterocycles. The van der Waals surface area contributed by atoms with E-state index in [1.54, 1.807) is 4.90 Å². The van der Waals surface area contributed by atoms with Gasteiger partial charge in [-0.1, -0.05) is 0 Å². The lowest BCUT2D eigenvalue weighted by Gasteiger charge is -2.17.